The van der Waals surface area contributed by atoms with Crippen molar-refractivity contribution in [1.82, 2.24) is 5.32 Å². The van der Waals surface area contributed by atoms with Gasteiger partial charge in [0.1, 0.15) is 5.54 Å². The number of rotatable bonds is 11. The molecule has 3 heterocycles. The summed E-state index contributed by atoms with van der Waals surface area (Å²) in [5.41, 5.74) is -0.895. The number of hydrogen-bond acceptors (Lipinski definition) is 7. The highest BCUT2D eigenvalue weighted by Crippen LogP contribution is 2.22. The van der Waals surface area contributed by atoms with Crippen LogP contribution < -0.4 is 5.32 Å². The van der Waals surface area contributed by atoms with Gasteiger partial charge in [-0.1, -0.05) is 6.58 Å². The first-order chi connectivity index (χ1) is 14.7. The van der Waals surface area contributed by atoms with Gasteiger partial charge in [0.2, 0.25) is 5.91 Å². The SMILES string of the molecule is C=CC(=O)NC(COC1CCCCO1)(COC1CCCCO1)COC1CCCCO1. The predicted molar refractivity (Wildman–Crippen MR) is 110 cm³/mol. The zero-order chi connectivity index (χ0) is 21.1. The van der Waals surface area contributed by atoms with Crippen LogP contribution in [-0.4, -0.2) is 70.0 Å². The number of nitrogens with one attached hydrogen (secondary N) is 1. The second kappa shape index (κ2) is 12.7. The van der Waals surface area contributed by atoms with Gasteiger partial charge in [-0.3, -0.25) is 4.79 Å². The fraction of sp³-hybridized carbons (Fsp3) is 0.864. The van der Waals surface area contributed by atoms with Gasteiger partial charge >= 0.3 is 0 Å². The summed E-state index contributed by atoms with van der Waals surface area (Å²) in [5, 5.41) is 3.00. The summed E-state index contributed by atoms with van der Waals surface area (Å²) in [6.45, 7) is 6.27. The summed E-state index contributed by atoms with van der Waals surface area (Å²) in [6.07, 6.45) is 9.25. The van der Waals surface area contributed by atoms with Gasteiger partial charge in [-0.15, -0.1) is 0 Å². The molecule has 0 aromatic heterocycles. The molecule has 3 saturated heterocycles. The molecule has 30 heavy (non-hydrogen) atoms. The van der Waals surface area contributed by atoms with Crippen molar-refractivity contribution in [3.05, 3.63) is 12.7 Å². The molecule has 8 heteroatoms. The summed E-state index contributed by atoms with van der Waals surface area (Å²) in [7, 11) is 0. The first-order valence-corrected chi connectivity index (χ1v) is 11.3. The molecule has 1 amide bonds. The number of amides is 1. The Kier molecular flexibility index (Phi) is 10.0. The van der Waals surface area contributed by atoms with E-state index in [0.717, 1.165) is 57.8 Å². The first kappa shape index (κ1) is 23.6. The highest BCUT2D eigenvalue weighted by Gasteiger charge is 2.37. The molecule has 0 radical (unpaired) electrons. The number of carbonyl (C=O) groups is 1. The van der Waals surface area contributed by atoms with Gasteiger partial charge in [-0.25, -0.2) is 0 Å². The molecule has 0 saturated carbocycles. The highest BCUT2D eigenvalue weighted by atomic mass is 16.7. The van der Waals surface area contributed by atoms with Crippen LogP contribution in [0.15, 0.2) is 12.7 Å². The van der Waals surface area contributed by atoms with Crippen molar-refractivity contribution < 1.29 is 33.2 Å². The summed E-state index contributed by atoms with van der Waals surface area (Å²) in [4.78, 5) is 12.3. The molecule has 0 aliphatic carbocycles. The lowest BCUT2D eigenvalue weighted by atomic mass is 10.0. The first-order valence-electron chi connectivity index (χ1n) is 11.3. The van der Waals surface area contributed by atoms with E-state index in [4.69, 9.17) is 28.4 Å². The second-order valence-electron chi connectivity index (χ2n) is 8.30. The van der Waals surface area contributed by atoms with Crippen molar-refractivity contribution in [3.8, 4) is 0 Å². The van der Waals surface area contributed by atoms with Gasteiger partial charge in [0, 0.05) is 19.8 Å². The van der Waals surface area contributed by atoms with Gasteiger partial charge in [0.15, 0.2) is 18.9 Å². The van der Waals surface area contributed by atoms with E-state index in [1.807, 2.05) is 0 Å². The lowest BCUT2D eigenvalue weighted by Gasteiger charge is -2.38. The van der Waals surface area contributed by atoms with E-state index in [1.165, 1.54) is 6.08 Å². The van der Waals surface area contributed by atoms with Crippen molar-refractivity contribution in [2.24, 2.45) is 0 Å². The number of carbonyl (C=O) groups excluding carboxylic acids is 1. The minimum absolute atomic E-state index is 0.205. The van der Waals surface area contributed by atoms with Crippen molar-refractivity contribution >= 4 is 5.91 Å². The molecule has 3 fully saturated rings. The van der Waals surface area contributed by atoms with Crippen LogP contribution >= 0.6 is 0 Å². The molecular formula is C22H37NO7. The molecular weight excluding hydrogens is 390 g/mol. The summed E-state index contributed by atoms with van der Waals surface area (Å²) in [5.74, 6) is -0.301. The largest absolute Gasteiger partial charge is 0.353 e. The van der Waals surface area contributed by atoms with Gasteiger partial charge in [-0.05, 0) is 63.9 Å². The zero-order valence-electron chi connectivity index (χ0n) is 18.0. The van der Waals surface area contributed by atoms with Gasteiger partial charge in [0.05, 0.1) is 19.8 Å². The van der Waals surface area contributed by atoms with E-state index in [-0.39, 0.29) is 44.6 Å². The summed E-state index contributed by atoms with van der Waals surface area (Å²) >= 11 is 0. The Morgan fingerprint density at radius 2 is 1.20 bits per heavy atom. The van der Waals surface area contributed by atoms with Crippen LogP contribution in [0.2, 0.25) is 0 Å². The standard InChI is InChI=1S/C22H37NO7/c1-2-18(24)23-22(15-28-19-9-3-6-12-25-19,16-29-20-10-4-7-13-26-20)17-30-21-11-5-8-14-27-21/h2,19-21H,1,3-17H2,(H,23,24). The third-order valence-electron chi connectivity index (χ3n) is 5.62. The molecule has 0 aromatic rings. The predicted octanol–water partition coefficient (Wildman–Crippen LogP) is 2.66. The quantitative estimate of drug-likeness (QED) is 0.508. The molecule has 3 aliphatic heterocycles. The van der Waals surface area contributed by atoms with Gasteiger partial charge in [-0.2, -0.15) is 0 Å². The lowest BCUT2D eigenvalue weighted by molar-refractivity contribution is -0.220. The Morgan fingerprint density at radius 3 is 1.50 bits per heavy atom. The maximum atomic E-state index is 12.3. The molecule has 3 rings (SSSR count). The molecule has 172 valence electrons. The molecule has 0 spiro atoms. The molecule has 3 unspecified atom stereocenters. The van der Waals surface area contributed by atoms with Gasteiger partial charge < -0.3 is 33.7 Å². The Hall–Kier alpha value is -1.03. The van der Waals surface area contributed by atoms with Gasteiger partial charge in [0.25, 0.3) is 0 Å². The molecule has 0 bridgehead atoms. The molecule has 8 nitrogen and oxygen atoms in total. The maximum absolute atomic E-state index is 12.3. The normalized spacial score (nSPS) is 29.7. The number of ether oxygens (including phenoxy) is 6. The van der Waals surface area contributed by atoms with E-state index in [0.29, 0.717) is 19.8 Å². The molecule has 1 N–H and O–H groups in total. The fourth-order valence-electron chi connectivity index (χ4n) is 3.83. The zero-order valence-corrected chi connectivity index (χ0v) is 18.0. The highest BCUT2D eigenvalue weighted by molar-refractivity contribution is 5.87. The molecule has 3 atom stereocenters. The van der Waals surface area contributed by atoms with Crippen LogP contribution in [-0.2, 0) is 33.2 Å². The third kappa shape index (κ3) is 7.90. The fourth-order valence-corrected chi connectivity index (χ4v) is 3.83. The lowest BCUT2D eigenvalue weighted by Crippen LogP contribution is -2.59. The van der Waals surface area contributed by atoms with E-state index in [1.54, 1.807) is 0 Å². The van der Waals surface area contributed by atoms with E-state index >= 15 is 0 Å². The Bertz CT molecular complexity index is 457. The van der Waals surface area contributed by atoms with Crippen LogP contribution in [0.1, 0.15) is 57.8 Å². The maximum Gasteiger partial charge on any atom is 0.244 e. The van der Waals surface area contributed by atoms with Crippen LogP contribution in [0.25, 0.3) is 0 Å². The van der Waals surface area contributed by atoms with Crippen molar-refractivity contribution in [3.63, 3.8) is 0 Å². The average Bonchev–Trinajstić information content (AvgIpc) is 2.82. The second-order valence-corrected chi connectivity index (χ2v) is 8.30. The number of hydrogen-bond donors (Lipinski definition) is 1. The van der Waals surface area contributed by atoms with Crippen LogP contribution in [0.5, 0.6) is 0 Å². The Morgan fingerprint density at radius 1 is 0.800 bits per heavy atom. The van der Waals surface area contributed by atoms with Crippen molar-refractivity contribution in [2.75, 3.05) is 39.6 Å². The van der Waals surface area contributed by atoms with E-state index in [2.05, 4.69) is 11.9 Å². The third-order valence-corrected chi connectivity index (χ3v) is 5.62. The van der Waals surface area contributed by atoms with Crippen LogP contribution in [0.3, 0.4) is 0 Å². The summed E-state index contributed by atoms with van der Waals surface area (Å²) < 4.78 is 35.3. The van der Waals surface area contributed by atoms with Crippen LogP contribution in [0, 0.1) is 0 Å². The molecule has 3 aliphatic rings. The topological polar surface area (TPSA) is 84.5 Å². The smallest absolute Gasteiger partial charge is 0.244 e. The Balaban J connectivity index is 1.65. The van der Waals surface area contributed by atoms with Crippen molar-refractivity contribution in [2.45, 2.75) is 82.2 Å². The van der Waals surface area contributed by atoms with Crippen molar-refractivity contribution in [1.29, 1.82) is 0 Å². The minimum Gasteiger partial charge on any atom is -0.353 e. The average molecular weight is 428 g/mol. The summed E-state index contributed by atoms with van der Waals surface area (Å²) in [6, 6.07) is 0. The van der Waals surface area contributed by atoms with Crippen LogP contribution in [0.4, 0.5) is 0 Å². The van der Waals surface area contributed by atoms with E-state index < -0.39 is 5.54 Å². The monoisotopic (exact) mass is 427 g/mol. The van der Waals surface area contributed by atoms with E-state index in [9.17, 15) is 4.79 Å². The Labute approximate surface area is 179 Å². The minimum atomic E-state index is -0.895. The molecule has 0 aromatic carbocycles.